The molecule has 0 bridgehead atoms. The molecular weight excluding hydrogens is 569 g/mol. The maximum absolute atomic E-state index is 14.0. The molecule has 0 unspecified atom stereocenters. The normalized spacial score (nSPS) is 13.8. The Labute approximate surface area is 246 Å². The lowest BCUT2D eigenvalue weighted by Crippen LogP contribution is -2.39. The molecule has 2 aromatic carbocycles. The van der Waals surface area contributed by atoms with Crippen molar-refractivity contribution in [3.05, 3.63) is 82.4 Å². The van der Waals surface area contributed by atoms with Crippen molar-refractivity contribution in [2.24, 2.45) is 0 Å². The Kier molecular flexibility index (Phi) is 8.92. The molecule has 7 nitrogen and oxygen atoms in total. The number of para-hydroxylation sites is 1. The van der Waals surface area contributed by atoms with Crippen molar-refractivity contribution in [3.63, 3.8) is 0 Å². The molecule has 5 aromatic rings. The van der Waals surface area contributed by atoms with Crippen LogP contribution in [0.25, 0.3) is 27.2 Å². The third-order valence-electron chi connectivity index (χ3n) is 6.82. The third-order valence-corrected chi connectivity index (χ3v) is 8.79. The van der Waals surface area contributed by atoms with E-state index in [9.17, 15) is 9.18 Å². The summed E-state index contributed by atoms with van der Waals surface area (Å²) < 4.78 is 20.8. The van der Waals surface area contributed by atoms with Crippen molar-refractivity contribution in [3.8, 4) is 16.9 Å². The molecule has 0 radical (unpaired) electrons. The number of halogens is 2. The minimum absolute atomic E-state index is 0. The molecule has 1 aliphatic heterocycles. The highest BCUT2D eigenvalue weighted by Gasteiger charge is 2.25. The van der Waals surface area contributed by atoms with Crippen LogP contribution in [0.4, 0.5) is 9.52 Å². The van der Waals surface area contributed by atoms with E-state index >= 15 is 0 Å². The number of benzene rings is 2. The Hall–Kier alpha value is -3.15. The summed E-state index contributed by atoms with van der Waals surface area (Å²) in [6, 6.07) is 18.2. The van der Waals surface area contributed by atoms with E-state index in [1.807, 2.05) is 53.4 Å². The van der Waals surface area contributed by atoms with E-state index in [-0.39, 0.29) is 24.1 Å². The average molecular weight is 598 g/mol. The predicted octanol–water partition coefficient (Wildman–Crippen LogP) is 6.45. The summed E-state index contributed by atoms with van der Waals surface area (Å²) in [5, 5.41) is 8.26. The van der Waals surface area contributed by atoms with Crippen molar-refractivity contribution in [1.82, 2.24) is 19.7 Å². The van der Waals surface area contributed by atoms with Gasteiger partial charge in [0.25, 0.3) is 5.91 Å². The van der Waals surface area contributed by atoms with Crippen LogP contribution < -0.4 is 4.90 Å². The Bertz CT molecular complexity index is 1580. The molecule has 0 N–H and O–H groups in total. The molecule has 1 aliphatic rings. The number of thiophene rings is 1. The van der Waals surface area contributed by atoms with Crippen molar-refractivity contribution in [1.29, 1.82) is 0 Å². The van der Waals surface area contributed by atoms with Crippen molar-refractivity contribution in [2.75, 3.05) is 44.3 Å². The smallest absolute Gasteiger partial charge is 0.270 e. The predicted molar refractivity (Wildman–Crippen MR) is 162 cm³/mol. The number of carbonyl (C=O) groups is 1. The molecule has 1 amide bonds. The van der Waals surface area contributed by atoms with Crippen LogP contribution in [0.15, 0.2) is 66.0 Å². The number of morpholine rings is 1. The number of fused-ring (bicyclic) bond motifs is 1. The lowest BCUT2D eigenvalue weighted by atomic mass is 10.2. The van der Waals surface area contributed by atoms with Crippen LogP contribution in [-0.2, 0) is 4.74 Å². The lowest BCUT2D eigenvalue weighted by molar-refractivity contribution is 0.0376. The van der Waals surface area contributed by atoms with Gasteiger partial charge >= 0.3 is 0 Å². The molecular formula is C29H29ClFN5O2S2. The lowest BCUT2D eigenvalue weighted by Gasteiger charge is -2.27. The number of hydrogen-bond acceptors (Lipinski definition) is 7. The van der Waals surface area contributed by atoms with Gasteiger partial charge in [0.05, 0.1) is 35.2 Å². The first-order valence-corrected chi connectivity index (χ1v) is 14.6. The van der Waals surface area contributed by atoms with Crippen LogP contribution in [0.5, 0.6) is 0 Å². The first kappa shape index (κ1) is 28.4. The molecule has 1 saturated heterocycles. The third kappa shape index (κ3) is 5.96. The minimum Gasteiger partial charge on any atom is -0.379 e. The summed E-state index contributed by atoms with van der Waals surface area (Å²) >= 11 is 2.89. The van der Waals surface area contributed by atoms with E-state index in [2.05, 4.69) is 4.90 Å². The van der Waals surface area contributed by atoms with Gasteiger partial charge in [-0.2, -0.15) is 5.10 Å². The number of thiazole rings is 1. The number of carbonyl (C=O) groups excluding carboxylic acids is 1. The van der Waals surface area contributed by atoms with Crippen LogP contribution in [0, 0.1) is 12.7 Å². The van der Waals surface area contributed by atoms with Gasteiger partial charge in [0.1, 0.15) is 10.6 Å². The standard InChI is InChI=1S/C29H28FN5O2S2.ClH/c1-20-24-18-26(39-28(24)35(32-20)23-6-3-2-4-7-23)27(36)34(13-5-12-33-14-16-37-17-15-33)29-31-25(19-38-29)21-8-10-22(30)11-9-21;/h2-4,6-11,18-19H,5,12-17H2,1H3;1H. The van der Waals surface area contributed by atoms with Crippen LogP contribution in [0.2, 0.25) is 0 Å². The Morgan fingerprint density at radius 1 is 1.10 bits per heavy atom. The van der Waals surface area contributed by atoms with Gasteiger partial charge in [-0.15, -0.1) is 35.1 Å². The molecule has 6 rings (SSSR count). The highest BCUT2D eigenvalue weighted by molar-refractivity contribution is 7.20. The molecule has 0 spiro atoms. The van der Waals surface area contributed by atoms with Crippen LogP contribution >= 0.6 is 35.1 Å². The van der Waals surface area contributed by atoms with Gasteiger partial charge in [0, 0.05) is 42.5 Å². The second-order valence-corrected chi connectivity index (χ2v) is 11.3. The fraction of sp³-hybridized carbons (Fsp3) is 0.276. The van der Waals surface area contributed by atoms with Crippen molar-refractivity contribution < 1.29 is 13.9 Å². The SMILES string of the molecule is Cc1nn(-c2ccccc2)c2sc(C(=O)N(CCCN3CCOCC3)c3nc(-c4ccc(F)cc4)cs3)cc12.Cl. The van der Waals surface area contributed by atoms with Crippen molar-refractivity contribution >= 4 is 56.3 Å². The van der Waals surface area contributed by atoms with Crippen LogP contribution in [0.1, 0.15) is 21.8 Å². The number of rotatable bonds is 8. The van der Waals surface area contributed by atoms with E-state index < -0.39 is 0 Å². The molecule has 1 fully saturated rings. The molecule has 208 valence electrons. The maximum Gasteiger partial charge on any atom is 0.270 e. The highest BCUT2D eigenvalue weighted by Crippen LogP contribution is 2.34. The number of ether oxygens (including phenoxy) is 1. The topological polar surface area (TPSA) is 63.5 Å². The van der Waals surface area contributed by atoms with Crippen LogP contribution in [-0.4, -0.2) is 65.0 Å². The summed E-state index contributed by atoms with van der Waals surface area (Å²) in [6.07, 6.45) is 0.818. The van der Waals surface area contributed by atoms with Gasteiger partial charge in [-0.1, -0.05) is 18.2 Å². The van der Waals surface area contributed by atoms with Gasteiger partial charge < -0.3 is 4.74 Å². The zero-order valence-corrected chi connectivity index (χ0v) is 24.4. The van der Waals surface area contributed by atoms with Gasteiger partial charge in [0.2, 0.25) is 0 Å². The van der Waals surface area contributed by atoms with Crippen LogP contribution in [0.3, 0.4) is 0 Å². The molecule has 0 atom stereocenters. The first-order valence-electron chi connectivity index (χ1n) is 12.9. The van der Waals surface area contributed by atoms with E-state index in [1.54, 1.807) is 17.0 Å². The van der Waals surface area contributed by atoms with E-state index in [4.69, 9.17) is 14.8 Å². The number of amides is 1. The second kappa shape index (κ2) is 12.6. The Morgan fingerprint density at radius 2 is 1.85 bits per heavy atom. The van der Waals surface area contributed by atoms with Gasteiger partial charge in [-0.25, -0.2) is 14.1 Å². The monoisotopic (exact) mass is 597 g/mol. The zero-order chi connectivity index (χ0) is 26.8. The molecule has 40 heavy (non-hydrogen) atoms. The quantitative estimate of drug-likeness (QED) is 0.206. The summed E-state index contributed by atoms with van der Waals surface area (Å²) in [6.45, 7) is 6.71. The highest BCUT2D eigenvalue weighted by atomic mass is 35.5. The number of aryl methyl sites for hydroxylation is 1. The summed E-state index contributed by atoms with van der Waals surface area (Å²) in [4.78, 5) is 24.6. The molecule has 4 heterocycles. The summed E-state index contributed by atoms with van der Waals surface area (Å²) in [5.41, 5.74) is 3.39. The van der Waals surface area contributed by atoms with E-state index in [0.717, 1.165) is 72.1 Å². The molecule has 3 aromatic heterocycles. The Morgan fingerprint density at radius 3 is 2.60 bits per heavy atom. The second-order valence-electron chi connectivity index (χ2n) is 9.45. The first-order chi connectivity index (χ1) is 19.1. The zero-order valence-electron chi connectivity index (χ0n) is 22.0. The fourth-order valence-electron chi connectivity index (χ4n) is 4.73. The van der Waals surface area contributed by atoms with Crippen molar-refractivity contribution in [2.45, 2.75) is 13.3 Å². The minimum atomic E-state index is -0.289. The molecule has 0 aliphatic carbocycles. The number of nitrogens with zero attached hydrogens (tertiary/aromatic N) is 5. The van der Waals surface area contributed by atoms with Gasteiger partial charge in [0.15, 0.2) is 5.13 Å². The maximum atomic E-state index is 14.0. The fourth-order valence-corrected chi connectivity index (χ4v) is 6.72. The number of anilines is 1. The Balaban J connectivity index is 0.00000323. The average Bonchev–Trinajstić information content (AvgIpc) is 3.70. The number of aromatic nitrogens is 3. The van der Waals surface area contributed by atoms with E-state index in [1.165, 1.54) is 34.8 Å². The summed E-state index contributed by atoms with van der Waals surface area (Å²) in [7, 11) is 0. The van der Waals surface area contributed by atoms with Gasteiger partial charge in [-0.05, 0) is 55.8 Å². The summed E-state index contributed by atoms with van der Waals surface area (Å²) in [5.74, 6) is -0.361. The van der Waals surface area contributed by atoms with E-state index in [0.29, 0.717) is 16.6 Å². The largest absolute Gasteiger partial charge is 0.379 e. The van der Waals surface area contributed by atoms with Gasteiger partial charge in [-0.3, -0.25) is 14.6 Å². The molecule has 11 heteroatoms. The number of hydrogen-bond donors (Lipinski definition) is 0. The molecule has 0 saturated carbocycles.